The minimum Gasteiger partial charge on any atom is -0.381 e. The number of fused-ring (bicyclic) bond motifs is 5. The predicted octanol–water partition coefficient (Wildman–Crippen LogP) is 6.02. The van der Waals surface area contributed by atoms with Crippen LogP contribution in [-0.2, 0) is 11.3 Å². The van der Waals surface area contributed by atoms with Gasteiger partial charge in [-0.1, -0.05) is 29.7 Å². The number of nitrogens with zero attached hydrogens (tertiary/aromatic N) is 2. The van der Waals surface area contributed by atoms with E-state index in [4.69, 9.17) is 4.74 Å². The first-order valence-electron chi connectivity index (χ1n) is 12.0. The number of benzene rings is 1. The molecule has 0 amide bonds. The molecule has 2 unspecified atom stereocenters. The second-order valence-electron chi connectivity index (χ2n) is 10.1. The summed E-state index contributed by atoms with van der Waals surface area (Å²) < 4.78 is 8.22. The Kier molecular flexibility index (Phi) is 4.65. The van der Waals surface area contributed by atoms with E-state index in [2.05, 4.69) is 53.9 Å². The van der Waals surface area contributed by atoms with Crippen molar-refractivity contribution < 1.29 is 4.74 Å². The lowest BCUT2D eigenvalue weighted by atomic mass is 9.90. The zero-order valence-corrected chi connectivity index (χ0v) is 18.5. The van der Waals surface area contributed by atoms with Crippen LogP contribution in [-0.4, -0.2) is 35.8 Å². The van der Waals surface area contributed by atoms with Crippen LogP contribution in [0, 0.1) is 12.8 Å². The van der Waals surface area contributed by atoms with Crippen molar-refractivity contribution in [2.24, 2.45) is 5.92 Å². The van der Waals surface area contributed by atoms with Crippen molar-refractivity contribution in [2.75, 3.05) is 20.3 Å². The van der Waals surface area contributed by atoms with Crippen LogP contribution in [0.5, 0.6) is 0 Å². The van der Waals surface area contributed by atoms with E-state index < -0.39 is 0 Å². The molecule has 4 aliphatic rings. The largest absolute Gasteiger partial charge is 0.381 e. The molecular weight excluding hydrogens is 368 g/mol. The van der Waals surface area contributed by atoms with Crippen LogP contribution in [0.3, 0.4) is 0 Å². The van der Waals surface area contributed by atoms with E-state index in [1.807, 2.05) is 0 Å². The van der Waals surface area contributed by atoms with Crippen LogP contribution in [0.25, 0.3) is 17.1 Å². The van der Waals surface area contributed by atoms with Crippen molar-refractivity contribution in [2.45, 2.75) is 70.4 Å². The van der Waals surface area contributed by atoms with Gasteiger partial charge in [0.1, 0.15) is 0 Å². The Morgan fingerprint density at radius 2 is 1.93 bits per heavy atom. The monoisotopic (exact) mass is 402 g/mol. The average Bonchev–Trinajstić information content (AvgIpc) is 3.40. The van der Waals surface area contributed by atoms with Crippen LogP contribution < -0.4 is 0 Å². The molecule has 0 N–H and O–H groups in total. The molecule has 1 aromatic heterocycles. The smallest absolute Gasteiger partial charge is 0.0529 e. The molecule has 2 aliphatic heterocycles. The Morgan fingerprint density at radius 3 is 2.73 bits per heavy atom. The third kappa shape index (κ3) is 3.18. The third-order valence-corrected chi connectivity index (χ3v) is 7.94. The molecule has 2 saturated carbocycles. The number of hydrogen-bond donors (Lipinski definition) is 0. The standard InChI is InChI=1S/C27H34N2O/c1-18-6-9-26-23(14-18)24-17-28(2)25-5-3-4-22(25)27(24)29(26)16-21(20-7-8-20)15-19-10-12-30-13-11-19/h6,9,14-16,20,22,25H,3-5,7-8,10-13,17H2,1-2H3. The number of ether oxygens (including phenoxy) is 1. The summed E-state index contributed by atoms with van der Waals surface area (Å²) in [7, 11) is 2.34. The quantitative estimate of drug-likeness (QED) is 0.625. The second kappa shape index (κ2) is 7.39. The minimum absolute atomic E-state index is 0.680. The summed E-state index contributed by atoms with van der Waals surface area (Å²) in [6.07, 6.45) is 14.0. The zero-order chi connectivity index (χ0) is 20.2. The highest BCUT2D eigenvalue weighted by Gasteiger charge is 2.40. The summed E-state index contributed by atoms with van der Waals surface area (Å²) in [4.78, 5) is 2.63. The lowest BCUT2D eigenvalue weighted by molar-refractivity contribution is 0.119. The molecule has 0 bridgehead atoms. The van der Waals surface area contributed by atoms with Crippen LogP contribution >= 0.6 is 0 Å². The number of likely N-dealkylation sites (N-methyl/N-ethyl adjacent to an activating group) is 1. The van der Waals surface area contributed by atoms with Crippen molar-refractivity contribution in [3.05, 3.63) is 52.2 Å². The number of allylic oxidation sites excluding steroid dienone is 2. The van der Waals surface area contributed by atoms with Gasteiger partial charge in [-0.05, 0) is 81.7 Å². The lowest BCUT2D eigenvalue weighted by Gasteiger charge is -2.36. The summed E-state index contributed by atoms with van der Waals surface area (Å²) in [5, 5.41) is 1.48. The molecular formula is C27H34N2O. The minimum atomic E-state index is 0.680. The van der Waals surface area contributed by atoms with Crippen molar-refractivity contribution in [1.29, 1.82) is 0 Å². The highest BCUT2D eigenvalue weighted by molar-refractivity contribution is 5.89. The van der Waals surface area contributed by atoms with Gasteiger partial charge in [-0.2, -0.15) is 0 Å². The maximum atomic E-state index is 5.59. The predicted molar refractivity (Wildman–Crippen MR) is 124 cm³/mol. The van der Waals surface area contributed by atoms with Crippen LogP contribution in [0.2, 0.25) is 0 Å². The SMILES string of the molecule is Cc1ccc2c(c1)c1c(n2C=C(C=C2CCOCC2)C2CC2)C2CCCC2N(C)C1. The van der Waals surface area contributed by atoms with Crippen LogP contribution in [0.1, 0.15) is 67.7 Å². The van der Waals surface area contributed by atoms with Gasteiger partial charge in [0, 0.05) is 35.8 Å². The molecule has 2 aromatic rings. The lowest BCUT2D eigenvalue weighted by Crippen LogP contribution is -2.38. The summed E-state index contributed by atoms with van der Waals surface area (Å²) in [5.74, 6) is 1.43. The van der Waals surface area contributed by atoms with E-state index in [1.165, 1.54) is 48.6 Å². The maximum absolute atomic E-state index is 5.59. The summed E-state index contributed by atoms with van der Waals surface area (Å²) in [5.41, 5.74) is 9.13. The van der Waals surface area contributed by atoms with Gasteiger partial charge in [0.15, 0.2) is 0 Å². The molecule has 3 heterocycles. The van der Waals surface area contributed by atoms with Gasteiger partial charge in [-0.3, -0.25) is 4.90 Å². The number of rotatable bonds is 3. The molecule has 3 heteroatoms. The maximum Gasteiger partial charge on any atom is 0.0529 e. The van der Waals surface area contributed by atoms with E-state index >= 15 is 0 Å². The highest BCUT2D eigenvalue weighted by atomic mass is 16.5. The number of aryl methyl sites for hydroxylation is 1. The molecule has 1 aromatic carbocycles. The van der Waals surface area contributed by atoms with E-state index in [1.54, 1.807) is 22.4 Å². The van der Waals surface area contributed by atoms with Crippen LogP contribution in [0.15, 0.2) is 35.4 Å². The average molecular weight is 403 g/mol. The molecule has 3 nitrogen and oxygen atoms in total. The summed E-state index contributed by atoms with van der Waals surface area (Å²) in [6.45, 7) is 5.10. The normalized spacial score (nSPS) is 27.4. The van der Waals surface area contributed by atoms with E-state index in [-0.39, 0.29) is 0 Å². The van der Waals surface area contributed by atoms with Gasteiger partial charge >= 0.3 is 0 Å². The van der Waals surface area contributed by atoms with E-state index in [0.717, 1.165) is 38.5 Å². The van der Waals surface area contributed by atoms with Crippen LogP contribution in [0.4, 0.5) is 0 Å². The summed E-state index contributed by atoms with van der Waals surface area (Å²) in [6, 6.07) is 7.81. The molecule has 2 atom stereocenters. The molecule has 3 fully saturated rings. The van der Waals surface area contributed by atoms with Crippen molar-refractivity contribution >= 4 is 17.1 Å². The van der Waals surface area contributed by atoms with Gasteiger partial charge in [0.2, 0.25) is 0 Å². The summed E-state index contributed by atoms with van der Waals surface area (Å²) >= 11 is 0. The molecule has 158 valence electrons. The first-order valence-corrected chi connectivity index (χ1v) is 12.0. The molecule has 1 saturated heterocycles. The van der Waals surface area contributed by atoms with E-state index in [0.29, 0.717) is 12.0 Å². The Balaban J connectivity index is 1.54. The van der Waals surface area contributed by atoms with Gasteiger partial charge < -0.3 is 9.30 Å². The van der Waals surface area contributed by atoms with Gasteiger partial charge in [-0.25, -0.2) is 0 Å². The molecule has 2 aliphatic carbocycles. The molecule has 0 spiro atoms. The molecule has 30 heavy (non-hydrogen) atoms. The van der Waals surface area contributed by atoms with Gasteiger partial charge in [0.25, 0.3) is 0 Å². The fourth-order valence-corrected chi connectivity index (χ4v) is 6.22. The Hall–Kier alpha value is -1.84. The molecule has 0 radical (unpaired) electrons. The molecule has 6 rings (SSSR count). The Bertz CT molecular complexity index is 1030. The topological polar surface area (TPSA) is 17.4 Å². The first-order chi connectivity index (χ1) is 14.7. The zero-order valence-electron chi connectivity index (χ0n) is 18.5. The number of hydrogen-bond acceptors (Lipinski definition) is 2. The third-order valence-electron chi connectivity index (χ3n) is 7.94. The van der Waals surface area contributed by atoms with Crippen molar-refractivity contribution in [1.82, 2.24) is 9.47 Å². The fraction of sp³-hybridized carbons (Fsp3) is 0.556. The first kappa shape index (κ1) is 18.9. The number of aromatic nitrogens is 1. The Labute approximate surface area is 180 Å². The Morgan fingerprint density at radius 1 is 1.10 bits per heavy atom. The van der Waals surface area contributed by atoms with E-state index in [9.17, 15) is 0 Å². The van der Waals surface area contributed by atoms with Crippen molar-refractivity contribution in [3.63, 3.8) is 0 Å². The van der Waals surface area contributed by atoms with Crippen molar-refractivity contribution in [3.8, 4) is 0 Å². The second-order valence-corrected chi connectivity index (χ2v) is 10.1. The van der Waals surface area contributed by atoms with Gasteiger partial charge in [0.05, 0.1) is 18.7 Å². The van der Waals surface area contributed by atoms with Gasteiger partial charge in [-0.15, -0.1) is 0 Å². The highest BCUT2D eigenvalue weighted by Crippen LogP contribution is 2.47. The fourth-order valence-electron chi connectivity index (χ4n) is 6.22.